The molecule has 9 nitrogen and oxygen atoms in total. The van der Waals surface area contributed by atoms with Gasteiger partial charge in [0.25, 0.3) is 5.56 Å². The molecule has 4 rings (SSSR count). The van der Waals surface area contributed by atoms with Crippen LogP contribution in [0.4, 0.5) is 4.39 Å². The summed E-state index contributed by atoms with van der Waals surface area (Å²) in [5, 5.41) is 2.77. The maximum atomic E-state index is 13.6. The highest BCUT2D eigenvalue weighted by molar-refractivity contribution is 6.32. The number of nitrogens with zero attached hydrogens (tertiary/aromatic N) is 3. The molecule has 11 heteroatoms. The van der Waals surface area contributed by atoms with E-state index in [2.05, 4.69) is 16.1 Å². The molecule has 0 bridgehead atoms. The number of H-pyrrole nitrogens is 1. The number of morpholine rings is 1. The lowest BCUT2D eigenvalue weighted by molar-refractivity contribution is -0.132. The van der Waals surface area contributed by atoms with Crippen molar-refractivity contribution in [3.8, 4) is 11.6 Å². The van der Waals surface area contributed by atoms with Crippen LogP contribution in [0.3, 0.4) is 0 Å². The van der Waals surface area contributed by atoms with E-state index in [1.807, 2.05) is 18.2 Å². The van der Waals surface area contributed by atoms with Gasteiger partial charge in [-0.15, -0.1) is 0 Å². The highest BCUT2D eigenvalue weighted by atomic mass is 35.5. The third-order valence-electron chi connectivity index (χ3n) is 5.88. The molecule has 2 heterocycles. The van der Waals surface area contributed by atoms with Crippen molar-refractivity contribution in [3.63, 3.8) is 0 Å². The van der Waals surface area contributed by atoms with Gasteiger partial charge in [0.05, 0.1) is 42.8 Å². The fourth-order valence-corrected chi connectivity index (χ4v) is 4.35. The van der Waals surface area contributed by atoms with E-state index in [4.69, 9.17) is 30.8 Å². The zero-order chi connectivity index (χ0) is 26.4. The summed E-state index contributed by atoms with van der Waals surface area (Å²) < 4.78 is 30.8. The van der Waals surface area contributed by atoms with Gasteiger partial charge >= 0.3 is 5.97 Å². The van der Waals surface area contributed by atoms with Crippen molar-refractivity contribution >= 4 is 23.3 Å². The zero-order valence-electron chi connectivity index (χ0n) is 20.6. The molecule has 2 aromatic carbocycles. The molecule has 37 heavy (non-hydrogen) atoms. The average Bonchev–Trinajstić information content (AvgIpc) is 3.17. The van der Waals surface area contributed by atoms with Crippen molar-refractivity contribution < 1.29 is 23.4 Å². The second kappa shape index (κ2) is 12.3. The summed E-state index contributed by atoms with van der Waals surface area (Å²) in [4.78, 5) is 32.3. The van der Waals surface area contributed by atoms with E-state index in [1.165, 1.54) is 26.2 Å². The lowest BCUT2D eigenvalue weighted by Gasteiger charge is -2.27. The Morgan fingerprint density at radius 2 is 1.92 bits per heavy atom. The molecular formula is C26H28ClFN4O5. The van der Waals surface area contributed by atoms with Crippen LogP contribution in [0.15, 0.2) is 52.3 Å². The molecule has 0 atom stereocenters. The molecular weight excluding hydrogens is 503 g/mol. The Morgan fingerprint density at radius 1 is 1.19 bits per heavy atom. The highest BCUT2D eigenvalue weighted by Gasteiger charge is 2.24. The molecule has 3 aromatic rings. The van der Waals surface area contributed by atoms with E-state index in [1.54, 1.807) is 0 Å². The largest absolute Gasteiger partial charge is 0.407 e. The first-order valence-electron chi connectivity index (χ1n) is 11.8. The van der Waals surface area contributed by atoms with E-state index >= 15 is 0 Å². The van der Waals surface area contributed by atoms with Gasteiger partial charge in [-0.05, 0) is 29.3 Å². The molecule has 1 aliphatic heterocycles. The second-order valence-electron chi connectivity index (χ2n) is 8.50. The van der Waals surface area contributed by atoms with Crippen LogP contribution in [0.1, 0.15) is 23.6 Å². The molecule has 0 unspecified atom stereocenters. The molecule has 1 aromatic heterocycles. The van der Waals surface area contributed by atoms with Crippen molar-refractivity contribution in [2.24, 2.45) is 4.99 Å². The Morgan fingerprint density at radius 3 is 2.59 bits per heavy atom. The van der Waals surface area contributed by atoms with Crippen molar-refractivity contribution in [1.82, 2.24) is 14.7 Å². The lowest BCUT2D eigenvalue weighted by Crippen LogP contribution is -2.35. The number of aliphatic imine (C=N–C) groups is 1. The zero-order valence-corrected chi connectivity index (χ0v) is 21.4. The lowest BCUT2D eigenvalue weighted by atomic mass is 10.1. The Hall–Kier alpha value is -3.31. The third-order valence-corrected chi connectivity index (χ3v) is 6.18. The first-order valence-corrected chi connectivity index (χ1v) is 12.1. The standard InChI is InChI=1S/C26H28ClFN4O5/c1-17(33)37-25-24(26(34)32(30-25)23-8-7-20(28)13-21(23)27)22(16-35-2)29-14-18-5-3-4-6-19(18)15-31-9-11-36-12-10-31/h3-8,13,30H,9-12,14-16H2,1-2H3. The summed E-state index contributed by atoms with van der Waals surface area (Å²) in [6.07, 6.45) is 0. The molecule has 0 aliphatic carbocycles. The fraction of sp³-hybridized carbons (Fsp3) is 0.346. The number of rotatable bonds is 9. The smallest absolute Gasteiger partial charge is 0.309 e. The van der Waals surface area contributed by atoms with Gasteiger partial charge in [0.15, 0.2) is 0 Å². The third kappa shape index (κ3) is 6.53. The van der Waals surface area contributed by atoms with Gasteiger partial charge in [0.2, 0.25) is 5.88 Å². The van der Waals surface area contributed by atoms with Crippen LogP contribution in [-0.4, -0.2) is 66.4 Å². The maximum absolute atomic E-state index is 13.6. The van der Waals surface area contributed by atoms with Crippen LogP contribution < -0.4 is 10.3 Å². The SMILES string of the molecule is COCC(=NCc1ccccc1CN1CCOCC1)c1c(OC(C)=O)[nH]n(-c2ccc(F)cc2Cl)c1=O. The fourth-order valence-electron chi connectivity index (χ4n) is 4.10. The van der Waals surface area contributed by atoms with Crippen molar-refractivity contribution in [1.29, 1.82) is 0 Å². The molecule has 0 saturated carbocycles. The van der Waals surface area contributed by atoms with Gasteiger partial charge in [0, 0.05) is 33.7 Å². The minimum absolute atomic E-state index is 0.00606. The number of esters is 1. The van der Waals surface area contributed by atoms with Crippen LogP contribution in [0.2, 0.25) is 5.02 Å². The normalized spacial score (nSPS) is 14.6. The number of benzene rings is 2. The van der Waals surface area contributed by atoms with Gasteiger partial charge in [-0.2, -0.15) is 0 Å². The van der Waals surface area contributed by atoms with E-state index in [-0.39, 0.29) is 41.0 Å². The van der Waals surface area contributed by atoms with Crippen LogP contribution >= 0.6 is 11.6 Å². The Balaban J connectivity index is 1.72. The van der Waals surface area contributed by atoms with Crippen molar-refractivity contribution in [2.75, 3.05) is 40.0 Å². The molecule has 1 saturated heterocycles. The molecule has 0 radical (unpaired) electrons. The number of ether oxygens (including phenoxy) is 3. The van der Waals surface area contributed by atoms with Gasteiger partial charge < -0.3 is 14.2 Å². The summed E-state index contributed by atoms with van der Waals surface area (Å²) in [5.41, 5.74) is 2.06. The summed E-state index contributed by atoms with van der Waals surface area (Å²) >= 11 is 6.19. The monoisotopic (exact) mass is 530 g/mol. The number of halogens is 2. The highest BCUT2D eigenvalue weighted by Crippen LogP contribution is 2.23. The number of carbonyl (C=O) groups is 1. The number of carbonyl (C=O) groups excluding carboxylic acids is 1. The molecule has 0 amide bonds. The summed E-state index contributed by atoms with van der Waals surface area (Å²) in [5.74, 6) is -1.28. The van der Waals surface area contributed by atoms with Gasteiger partial charge in [-0.3, -0.25) is 24.6 Å². The minimum Gasteiger partial charge on any atom is -0.407 e. The summed E-state index contributed by atoms with van der Waals surface area (Å²) in [6.45, 7) is 5.36. The van der Waals surface area contributed by atoms with E-state index in [9.17, 15) is 14.0 Å². The van der Waals surface area contributed by atoms with Gasteiger partial charge in [0.1, 0.15) is 11.4 Å². The van der Waals surface area contributed by atoms with Crippen molar-refractivity contribution in [2.45, 2.75) is 20.0 Å². The Labute approximate surface area is 218 Å². The molecule has 1 N–H and O–H groups in total. The molecule has 1 fully saturated rings. The number of nitrogens with one attached hydrogen (secondary N) is 1. The first kappa shape index (κ1) is 26.7. The second-order valence-corrected chi connectivity index (χ2v) is 8.91. The van der Waals surface area contributed by atoms with Crippen LogP contribution in [-0.2, 0) is 27.4 Å². The van der Waals surface area contributed by atoms with Crippen LogP contribution in [0.25, 0.3) is 5.69 Å². The maximum Gasteiger partial charge on any atom is 0.309 e. The summed E-state index contributed by atoms with van der Waals surface area (Å²) in [6, 6.07) is 11.6. The molecule has 0 spiro atoms. The summed E-state index contributed by atoms with van der Waals surface area (Å²) in [7, 11) is 1.48. The van der Waals surface area contributed by atoms with Crippen LogP contribution in [0, 0.1) is 5.82 Å². The topological polar surface area (TPSA) is 98.2 Å². The quantitative estimate of drug-likeness (QED) is 0.336. The predicted molar refractivity (Wildman–Crippen MR) is 137 cm³/mol. The van der Waals surface area contributed by atoms with E-state index in [0.717, 1.165) is 41.5 Å². The Bertz CT molecular complexity index is 1350. The number of hydrogen-bond donors (Lipinski definition) is 1. The van der Waals surface area contributed by atoms with Crippen molar-refractivity contribution in [3.05, 3.63) is 80.3 Å². The van der Waals surface area contributed by atoms with Gasteiger partial charge in [-0.25, -0.2) is 9.07 Å². The molecule has 1 aliphatic rings. The Kier molecular flexibility index (Phi) is 8.88. The number of aromatic amines is 1. The van der Waals surface area contributed by atoms with E-state index < -0.39 is 17.3 Å². The number of aromatic nitrogens is 2. The predicted octanol–water partition coefficient (Wildman–Crippen LogP) is 3.35. The number of hydrogen-bond acceptors (Lipinski definition) is 7. The van der Waals surface area contributed by atoms with Crippen LogP contribution in [0.5, 0.6) is 5.88 Å². The minimum atomic E-state index is -0.632. The van der Waals surface area contributed by atoms with E-state index in [0.29, 0.717) is 13.2 Å². The average molecular weight is 531 g/mol. The number of methoxy groups -OCH3 is 1. The first-order chi connectivity index (χ1) is 17.9. The molecule has 196 valence electrons. The van der Waals surface area contributed by atoms with Gasteiger partial charge in [-0.1, -0.05) is 35.9 Å².